The van der Waals surface area contributed by atoms with E-state index in [1.165, 1.54) is 45.5 Å². The Morgan fingerprint density at radius 1 is 1.17 bits per heavy atom. The number of anilines is 2. The topological polar surface area (TPSA) is 79.0 Å². The second kappa shape index (κ2) is 8.38. The summed E-state index contributed by atoms with van der Waals surface area (Å²) in [6.07, 6.45) is 2.02. The van der Waals surface area contributed by atoms with Gasteiger partial charge in [0.15, 0.2) is 0 Å². The van der Waals surface area contributed by atoms with Crippen molar-refractivity contribution < 1.29 is 22.3 Å². The molecule has 0 unspecified atom stereocenters. The number of amides is 1. The van der Waals surface area contributed by atoms with E-state index < -0.39 is 21.7 Å². The Bertz CT molecular complexity index is 1020. The average Bonchev–Trinajstić information content (AvgIpc) is 3.23. The zero-order valence-electron chi connectivity index (χ0n) is 16.6. The van der Waals surface area contributed by atoms with Crippen LogP contribution < -0.4 is 15.0 Å². The summed E-state index contributed by atoms with van der Waals surface area (Å²) in [4.78, 5) is 14.7. The summed E-state index contributed by atoms with van der Waals surface area (Å²) in [7, 11) is 0.305. The molecule has 1 saturated heterocycles. The lowest BCUT2D eigenvalue weighted by atomic mass is 10.1. The average molecular weight is 421 g/mol. The van der Waals surface area contributed by atoms with Crippen LogP contribution in [0, 0.1) is 5.82 Å². The highest BCUT2D eigenvalue weighted by molar-refractivity contribution is 7.89. The summed E-state index contributed by atoms with van der Waals surface area (Å²) in [5.41, 5.74) is 0.791. The van der Waals surface area contributed by atoms with Gasteiger partial charge in [-0.15, -0.1) is 0 Å². The van der Waals surface area contributed by atoms with Crippen molar-refractivity contribution in [2.75, 3.05) is 44.5 Å². The van der Waals surface area contributed by atoms with E-state index in [-0.39, 0.29) is 21.9 Å². The summed E-state index contributed by atoms with van der Waals surface area (Å²) in [5, 5.41) is 2.61. The normalized spacial score (nSPS) is 14.3. The molecule has 0 spiro atoms. The Morgan fingerprint density at radius 2 is 1.86 bits per heavy atom. The van der Waals surface area contributed by atoms with E-state index in [4.69, 9.17) is 4.74 Å². The van der Waals surface area contributed by atoms with Gasteiger partial charge >= 0.3 is 0 Å². The maximum atomic E-state index is 14.5. The maximum absolute atomic E-state index is 14.5. The molecule has 9 heteroatoms. The molecule has 0 aliphatic carbocycles. The van der Waals surface area contributed by atoms with Gasteiger partial charge in [-0.25, -0.2) is 17.1 Å². The van der Waals surface area contributed by atoms with Crippen molar-refractivity contribution in [2.45, 2.75) is 17.7 Å². The molecule has 3 rings (SSSR count). The van der Waals surface area contributed by atoms with Crippen LogP contribution in [-0.4, -0.2) is 52.9 Å². The monoisotopic (exact) mass is 421 g/mol. The van der Waals surface area contributed by atoms with Crippen molar-refractivity contribution in [1.82, 2.24) is 4.31 Å². The molecular formula is C20H24FN3O4S. The Morgan fingerprint density at radius 3 is 2.48 bits per heavy atom. The lowest BCUT2D eigenvalue weighted by Gasteiger charge is -2.22. The fraction of sp³-hybridized carbons (Fsp3) is 0.350. The molecule has 1 fully saturated rings. The minimum absolute atomic E-state index is 0.0850. The van der Waals surface area contributed by atoms with E-state index in [1.54, 1.807) is 12.1 Å². The van der Waals surface area contributed by atoms with Gasteiger partial charge in [-0.3, -0.25) is 4.79 Å². The molecule has 2 aromatic rings. The first kappa shape index (κ1) is 21.1. The number of methoxy groups -OCH3 is 1. The number of hydrogen-bond acceptors (Lipinski definition) is 5. The van der Waals surface area contributed by atoms with Crippen LogP contribution in [0.15, 0.2) is 41.3 Å². The minimum atomic E-state index is -3.83. The van der Waals surface area contributed by atoms with Gasteiger partial charge in [-0.2, -0.15) is 0 Å². The smallest absolute Gasteiger partial charge is 0.255 e. The highest BCUT2D eigenvalue weighted by atomic mass is 32.2. The van der Waals surface area contributed by atoms with Crippen LogP contribution in [0.5, 0.6) is 5.75 Å². The van der Waals surface area contributed by atoms with Gasteiger partial charge < -0.3 is 15.0 Å². The predicted molar refractivity (Wildman–Crippen MR) is 110 cm³/mol. The first-order chi connectivity index (χ1) is 13.8. The van der Waals surface area contributed by atoms with Gasteiger partial charge in [0.1, 0.15) is 22.1 Å². The molecule has 1 aliphatic heterocycles. The maximum Gasteiger partial charge on any atom is 0.255 e. The van der Waals surface area contributed by atoms with Crippen molar-refractivity contribution in [3.63, 3.8) is 0 Å². The van der Waals surface area contributed by atoms with E-state index in [9.17, 15) is 17.6 Å². The Labute approximate surface area is 170 Å². The van der Waals surface area contributed by atoms with Crippen LogP contribution in [-0.2, 0) is 10.0 Å². The van der Waals surface area contributed by atoms with E-state index in [0.717, 1.165) is 30.2 Å². The quantitative estimate of drug-likeness (QED) is 0.776. The first-order valence-corrected chi connectivity index (χ1v) is 10.6. The number of carbonyl (C=O) groups excluding carboxylic acids is 1. The van der Waals surface area contributed by atoms with Crippen molar-refractivity contribution in [3.05, 3.63) is 47.8 Å². The van der Waals surface area contributed by atoms with Crippen LogP contribution in [0.4, 0.5) is 15.8 Å². The SMILES string of the molecule is COc1ccc(C(=O)Nc2c(F)cccc2N2CCCC2)cc1S(=O)(=O)N(C)C. The van der Waals surface area contributed by atoms with Gasteiger partial charge in [-0.1, -0.05) is 6.07 Å². The summed E-state index contributed by atoms with van der Waals surface area (Å²) >= 11 is 0. The first-order valence-electron chi connectivity index (χ1n) is 9.21. The fourth-order valence-electron chi connectivity index (χ4n) is 3.26. The molecule has 0 saturated carbocycles. The third kappa shape index (κ3) is 4.20. The van der Waals surface area contributed by atoms with E-state index in [1.807, 2.05) is 4.90 Å². The summed E-state index contributed by atoms with van der Waals surface area (Å²) < 4.78 is 45.8. The van der Waals surface area contributed by atoms with Crippen LogP contribution in [0.2, 0.25) is 0 Å². The molecule has 1 amide bonds. The number of ether oxygens (including phenoxy) is 1. The molecule has 0 bridgehead atoms. The number of nitrogens with zero attached hydrogens (tertiary/aromatic N) is 2. The second-order valence-corrected chi connectivity index (χ2v) is 9.06. The van der Waals surface area contributed by atoms with Crippen molar-refractivity contribution in [2.24, 2.45) is 0 Å². The fourth-order valence-corrected chi connectivity index (χ4v) is 4.33. The molecule has 2 aromatic carbocycles. The summed E-state index contributed by atoms with van der Waals surface area (Å²) in [5.74, 6) is -1.02. The van der Waals surface area contributed by atoms with Crippen LogP contribution in [0.25, 0.3) is 0 Å². The second-order valence-electron chi connectivity index (χ2n) is 6.94. The molecular weight excluding hydrogens is 397 g/mol. The minimum Gasteiger partial charge on any atom is -0.495 e. The van der Waals surface area contributed by atoms with Crippen LogP contribution in [0.3, 0.4) is 0 Å². The van der Waals surface area contributed by atoms with Gasteiger partial charge in [0.2, 0.25) is 10.0 Å². The molecule has 0 radical (unpaired) electrons. The highest BCUT2D eigenvalue weighted by Gasteiger charge is 2.25. The number of rotatable bonds is 6. The number of halogens is 1. The third-order valence-electron chi connectivity index (χ3n) is 4.86. The van der Waals surface area contributed by atoms with Gasteiger partial charge in [0, 0.05) is 32.7 Å². The number of carbonyl (C=O) groups is 1. The highest BCUT2D eigenvalue weighted by Crippen LogP contribution is 2.32. The van der Waals surface area contributed by atoms with E-state index in [2.05, 4.69) is 5.32 Å². The van der Waals surface area contributed by atoms with E-state index in [0.29, 0.717) is 5.69 Å². The molecule has 1 N–H and O–H groups in total. The molecule has 0 atom stereocenters. The number of sulfonamides is 1. The largest absolute Gasteiger partial charge is 0.495 e. The van der Waals surface area contributed by atoms with Gasteiger partial charge in [0.05, 0.1) is 12.8 Å². The van der Waals surface area contributed by atoms with Crippen LogP contribution >= 0.6 is 0 Å². The Hall–Kier alpha value is -2.65. The Kier molecular flexibility index (Phi) is 6.09. The summed E-state index contributed by atoms with van der Waals surface area (Å²) in [6, 6.07) is 8.74. The molecule has 1 heterocycles. The lowest BCUT2D eigenvalue weighted by molar-refractivity contribution is 0.102. The number of benzene rings is 2. The number of nitrogens with one attached hydrogen (secondary N) is 1. The number of para-hydroxylation sites is 1. The van der Waals surface area contributed by atoms with Crippen molar-refractivity contribution in [3.8, 4) is 5.75 Å². The molecule has 7 nitrogen and oxygen atoms in total. The number of hydrogen-bond donors (Lipinski definition) is 1. The van der Waals surface area contributed by atoms with Gasteiger partial charge in [0.25, 0.3) is 5.91 Å². The molecule has 0 aromatic heterocycles. The van der Waals surface area contributed by atoms with Crippen LogP contribution in [0.1, 0.15) is 23.2 Å². The van der Waals surface area contributed by atoms with Gasteiger partial charge in [-0.05, 0) is 43.2 Å². The molecule has 1 aliphatic rings. The lowest BCUT2D eigenvalue weighted by Crippen LogP contribution is -2.24. The standard InChI is InChI=1S/C20H24FN3O4S/c1-23(2)29(26,27)18-13-14(9-10-17(18)28-3)20(25)22-19-15(21)7-6-8-16(19)24-11-4-5-12-24/h6-10,13H,4-5,11-12H2,1-3H3,(H,22,25). The zero-order chi connectivity index (χ0) is 21.2. The predicted octanol–water partition coefficient (Wildman–Crippen LogP) is 2.94. The van der Waals surface area contributed by atoms with Crippen molar-refractivity contribution >= 4 is 27.3 Å². The zero-order valence-corrected chi connectivity index (χ0v) is 17.4. The molecule has 156 valence electrons. The summed E-state index contributed by atoms with van der Waals surface area (Å²) in [6.45, 7) is 1.58. The third-order valence-corrected chi connectivity index (χ3v) is 6.70. The van der Waals surface area contributed by atoms with E-state index >= 15 is 0 Å². The van der Waals surface area contributed by atoms with Crippen molar-refractivity contribution in [1.29, 1.82) is 0 Å². The Balaban J connectivity index is 1.97. The molecule has 29 heavy (non-hydrogen) atoms.